The predicted molar refractivity (Wildman–Crippen MR) is 73.6 cm³/mol. The van der Waals surface area contributed by atoms with E-state index >= 15 is 0 Å². The van der Waals surface area contributed by atoms with Gasteiger partial charge in [-0.2, -0.15) is 0 Å². The van der Waals surface area contributed by atoms with Gasteiger partial charge in [-0.05, 0) is 32.0 Å². The van der Waals surface area contributed by atoms with Crippen LogP contribution in [0.25, 0.3) is 0 Å². The van der Waals surface area contributed by atoms with Crippen LogP contribution >= 0.6 is 10.7 Å². The quantitative estimate of drug-likeness (QED) is 0.806. The summed E-state index contributed by atoms with van der Waals surface area (Å²) >= 11 is 0. The lowest BCUT2D eigenvalue weighted by Gasteiger charge is -2.13. The summed E-state index contributed by atoms with van der Waals surface area (Å²) in [6.07, 6.45) is -3.01. The SMILES string of the molecule is CC(C)Oc1ccc(C(=O)NCC(F)F)cc1S(=O)(=O)Cl. The fourth-order valence-corrected chi connectivity index (χ4v) is 2.45. The van der Waals surface area contributed by atoms with Gasteiger partial charge in [-0.25, -0.2) is 17.2 Å². The molecule has 0 aliphatic heterocycles. The average Bonchev–Trinajstić information content (AvgIpc) is 2.34. The fraction of sp³-hybridized carbons (Fsp3) is 0.417. The first-order valence-electron chi connectivity index (χ1n) is 5.93. The summed E-state index contributed by atoms with van der Waals surface area (Å²) in [5.41, 5.74) is -0.106. The largest absolute Gasteiger partial charge is 0.490 e. The van der Waals surface area contributed by atoms with Crippen LogP contribution in [0.15, 0.2) is 23.1 Å². The smallest absolute Gasteiger partial charge is 0.265 e. The van der Waals surface area contributed by atoms with Gasteiger partial charge in [0.2, 0.25) is 0 Å². The number of carbonyl (C=O) groups excluding carboxylic acids is 1. The summed E-state index contributed by atoms with van der Waals surface area (Å²) in [6.45, 7) is 2.55. The first kappa shape index (κ1) is 17.6. The first-order valence-corrected chi connectivity index (χ1v) is 8.24. The van der Waals surface area contributed by atoms with Gasteiger partial charge in [-0.15, -0.1) is 0 Å². The molecule has 0 atom stereocenters. The number of benzene rings is 1. The molecule has 0 heterocycles. The molecule has 0 aromatic heterocycles. The van der Waals surface area contributed by atoms with Gasteiger partial charge in [0.05, 0.1) is 12.6 Å². The number of ether oxygens (including phenoxy) is 1. The van der Waals surface area contributed by atoms with Crippen molar-refractivity contribution in [2.45, 2.75) is 31.3 Å². The molecule has 1 rings (SSSR count). The highest BCUT2D eigenvalue weighted by Crippen LogP contribution is 2.29. The summed E-state index contributed by atoms with van der Waals surface area (Å²) in [6, 6.07) is 3.51. The van der Waals surface area contributed by atoms with Crippen molar-refractivity contribution in [2.24, 2.45) is 0 Å². The van der Waals surface area contributed by atoms with Gasteiger partial charge in [0.1, 0.15) is 10.6 Å². The van der Waals surface area contributed by atoms with E-state index in [-0.39, 0.29) is 22.3 Å². The molecule has 21 heavy (non-hydrogen) atoms. The van der Waals surface area contributed by atoms with Crippen molar-refractivity contribution in [3.8, 4) is 5.75 Å². The standard InChI is InChI=1S/C12H14ClF2NO4S/c1-7(2)20-9-4-3-8(5-10(9)21(13,18)19)12(17)16-6-11(14)15/h3-5,7,11H,6H2,1-2H3,(H,16,17). The van der Waals surface area contributed by atoms with Crippen LogP contribution in [-0.4, -0.2) is 33.4 Å². The Kier molecular flexibility index (Phi) is 5.91. The van der Waals surface area contributed by atoms with E-state index < -0.39 is 27.9 Å². The zero-order chi connectivity index (χ0) is 16.2. The molecule has 0 saturated carbocycles. The third-order valence-electron chi connectivity index (χ3n) is 2.25. The number of rotatable bonds is 6. The molecular formula is C12H14ClF2NO4S. The molecule has 1 amide bonds. The van der Waals surface area contributed by atoms with E-state index in [2.05, 4.69) is 0 Å². The van der Waals surface area contributed by atoms with E-state index in [1.165, 1.54) is 12.1 Å². The van der Waals surface area contributed by atoms with Crippen LogP contribution in [0.4, 0.5) is 8.78 Å². The Bertz CT molecular complexity index is 620. The molecule has 5 nitrogen and oxygen atoms in total. The lowest BCUT2D eigenvalue weighted by molar-refractivity contribution is 0.0891. The molecule has 1 aromatic carbocycles. The molecule has 0 aliphatic rings. The monoisotopic (exact) mass is 341 g/mol. The molecule has 1 N–H and O–H groups in total. The van der Waals surface area contributed by atoms with E-state index in [1.54, 1.807) is 13.8 Å². The number of alkyl halides is 2. The molecular weight excluding hydrogens is 328 g/mol. The van der Waals surface area contributed by atoms with E-state index in [9.17, 15) is 22.0 Å². The maximum Gasteiger partial charge on any atom is 0.265 e. The highest BCUT2D eigenvalue weighted by atomic mass is 35.7. The molecule has 0 unspecified atom stereocenters. The Morgan fingerprint density at radius 1 is 1.38 bits per heavy atom. The van der Waals surface area contributed by atoms with E-state index in [0.717, 1.165) is 6.07 Å². The highest BCUT2D eigenvalue weighted by molar-refractivity contribution is 8.13. The molecule has 9 heteroatoms. The van der Waals surface area contributed by atoms with Crippen LogP contribution in [0.2, 0.25) is 0 Å². The summed E-state index contributed by atoms with van der Waals surface area (Å²) < 4.78 is 52.4. The van der Waals surface area contributed by atoms with Crippen LogP contribution in [0, 0.1) is 0 Å². The van der Waals surface area contributed by atoms with E-state index in [1.807, 2.05) is 5.32 Å². The zero-order valence-corrected chi connectivity index (χ0v) is 12.8. The van der Waals surface area contributed by atoms with Crippen LogP contribution in [0.5, 0.6) is 5.75 Å². The van der Waals surface area contributed by atoms with Gasteiger partial charge < -0.3 is 10.1 Å². The highest BCUT2D eigenvalue weighted by Gasteiger charge is 2.20. The van der Waals surface area contributed by atoms with Crippen molar-refractivity contribution in [1.29, 1.82) is 0 Å². The molecule has 0 saturated heterocycles. The Morgan fingerprint density at radius 3 is 2.48 bits per heavy atom. The van der Waals surface area contributed by atoms with Gasteiger partial charge in [0, 0.05) is 16.2 Å². The number of hydrogen-bond acceptors (Lipinski definition) is 4. The van der Waals surface area contributed by atoms with Crippen molar-refractivity contribution < 1.29 is 26.7 Å². The Balaban J connectivity index is 3.13. The maximum absolute atomic E-state index is 12.0. The average molecular weight is 342 g/mol. The van der Waals surface area contributed by atoms with Gasteiger partial charge in [-0.1, -0.05) is 0 Å². The van der Waals surface area contributed by atoms with Crippen LogP contribution in [0.1, 0.15) is 24.2 Å². The zero-order valence-electron chi connectivity index (χ0n) is 11.3. The van der Waals surface area contributed by atoms with Crippen LogP contribution < -0.4 is 10.1 Å². The third-order valence-corrected chi connectivity index (χ3v) is 3.59. The van der Waals surface area contributed by atoms with Crippen molar-refractivity contribution in [1.82, 2.24) is 5.32 Å². The van der Waals surface area contributed by atoms with Gasteiger partial charge >= 0.3 is 0 Å². The predicted octanol–water partition coefficient (Wildman–Crippen LogP) is 2.40. The lowest BCUT2D eigenvalue weighted by atomic mass is 10.2. The summed E-state index contributed by atoms with van der Waals surface area (Å²) in [7, 11) is 1.14. The Labute approximate surface area is 125 Å². The Hall–Kier alpha value is -1.41. The normalized spacial score (nSPS) is 11.8. The molecule has 118 valence electrons. The minimum Gasteiger partial charge on any atom is -0.490 e. The lowest BCUT2D eigenvalue weighted by Crippen LogP contribution is -2.28. The van der Waals surface area contributed by atoms with Crippen LogP contribution in [0.3, 0.4) is 0 Å². The molecule has 0 aliphatic carbocycles. The van der Waals surface area contributed by atoms with E-state index in [0.29, 0.717) is 0 Å². The Morgan fingerprint density at radius 2 is 2.00 bits per heavy atom. The second-order valence-electron chi connectivity index (χ2n) is 4.37. The van der Waals surface area contributed by atoms with Crippen LogP contribution in [-0.2, 0) is 9.05 Å². The summed E-state index contributed by atoms with van der Waals surface area (Å²) in [4.78, 5) is 11.3. The number of nitrogens with one attached hydrogen (secondary N) is 1. The van der Waals surface area contributed by atoms with Crippen molar-refractivity contribution >= 4 is 25.6 Å². The molecule has 0 bridgehead atoms. The first-order chi connectivity index (χ1) is 9.61. The number of halogens is 3. The molecule has 0 fully saturated rings. The van der Waals surface area contributed by atoms with E-state index in [4.69, 9.17) is 15.4 Å². The minimum atomic E-state index is -4.15. The van der Waals surface area contributed by atoms with Crippen molar-refractivity contribution in [3.63, 3.8) is 0 Å². The molecule has 0 radical (unpaired) electrons. The number of carbonyl (C=O) groups is 1. The molecule has 0 spiro atoms. The maximum atomic E-state index is 12.0. The second kappa shape index (κ2) is 7.04. The topological polar surface area (TPSA) is 72.5 Å². The van der Waals surface area contributed by atoms with Gasteiger partial charge in [0.25, 0.3) is 21.4 Å². The third kappa shape index (κ3) is 5.47. The second-order valence-corrected chi connectivity index (χ2v) is 6.90. The molecule has 1 aromatic rings. The number of amides is 1. The van der Waals surface area contributed by atoms with Crippen molar-refractivity contribution in [3.05, 3.63) is 23.8 Å². The summed E-state index contributed by atoms with van der Waals surface area (Å²) in [5.74, 6) is -0.835. The number of hydrogen-bond donors (Lipinski definition) is 1. The van der Waals surface area contributed by atoms with Gasteiger partial charge in [-0.3, -0.25) is 4.79 Å². The summed E-state index contributed by atoms with van der Waals surface area (Å²) in [5, 5.41) is 1.97. The van der Waals surface area contributed by atoms with Crippen molar-refractivity contribution in [2.75, 3.05) is 6.54 Å². The van der Waals surface area contributed by atoms with Gasteiger partial charge in [0.15, 0.2) is 0 Å². The minimum absolute atomic E-state index is 0.00888. The fourth-order valence-electron chi connectivity index (χ4n) is 1.46.